The fourth-order valence-corrected chi connectivity index (χ4v) is 4.72. The quantitative estimate of drug-likeness (QED) is 0.576. The van der Waals surface area contributed by atoms with Gasteiger partial charge in [-0.05, 0) is 38.1 Å². The summed E-state index contributed by atoms with van der Waals surface area (Å²) in [5.74, 6) is 1.76. The zero-order valence-electron chi connectivity index (χ0n) is 15.9. The second kappa shape index (κ2) is 9.16. The van der Waals surface area contributed by atoms with Crippen LogP contribution in [0.15, 0.2) is 28.8 Å². The first-order chi connectivity index (χ1) is 12.8. The van der Waals surface area contributed by atoms with Crippen LogP contribution in [0.1, 0.15) is 56.7 Å². The Morgan fingerprint density at radius 3 is 2.81 bits per heavy atom. The molecule has 2 aromatic heterocycles. The summed E-state index contributed by atoms with van der Waals surface area (Å²) >= 11 is 1.89. The van der Waals surface area contributed by atoms with Gasteiger partial charge in [-0.25, -0.2) is 4.99 Å². The van der Waals surface area contributed by atoms with E-state index in [0.29, 0.717) is 6.54 Å². The molecule has 0 amide bonds. The molecule has 0 aromatic carbocycles. The molecule has 2 heterocycles. The molecule has 1 fully saturated rings. The van der Waals surface area contributed by atoms with Crippen LogP contribution in [-0.2, 0) is 18.5 Å². The lowest BCUT2D eigenvalue weighted by Crippen LogP contribution is -2.46. The zero-order chi connectivity index (χ0) is 18.2. The first-order valence-corrected chi connectivity index (χ1v) is 10.6. The van der Waals surface area contributed by atoms with Gasteiger partial charge < -0.3 is 15.2 Å². The molecule has 2 aromatic rings. The second-order valence-corrected chi connectivity index (χ2v) is 7.85. The Hall–Kier alpha value is -1.89. The van der Waals surface area contributed by atoms with E-state index in [1.54, 1.807) is 6.33 Å². The minimum atomic E-state index is 0.242. The highest BCUT2D eigenvalue weighted by Gasteiger charge is 2.34. The van der Waals surface area contributed by atoms with E-state index in [-0.39, 0.29) is 5.41 Å². The second-order valence-electron chi connectivity index (χ2n) is 6.90. The summed E-state index contributed by atoms with van der Waals surface area (Å²) in [4.78, 5) is 6.24. The number of hydrogen-bond acceptors (Lipinski definition) is 4. The Morgan fingerprint density at radius 2 is 2.12 bits per heavy atom. The van der Waals surface area contributed by atoms with E-state index in [9.17, 15) is 0 Å². The smallest absolute Gasteiger partial charge is 0.191 e. The largest absolute Gasteiger partial charge is 0.357 e. The van der Waals surface area contributed by atoms with E-state index >= 15 is 0 Å². The van der Waals surface area contributed by atoms with Crippen LogP contribution in [0, 0.1) is 0 Å². The lowest BCUT2D eigenvalue weighted by atomic mass is 9.73. The minimum Gasteiger partial charge on any atom is -0.357 e. The van der Waals surface area contributed by atoms with Crippen LogP contribution in [0.5, 0.6) is 0 Å². The van der Waals surface area contributed by atoms with Gasteiger partial charge in [0.15, 0.2) is 11.8 Å². The van der Waals surface area contributed by atoms with Gasteiger partial charge in [0, 0.05) is 29.9 Å². The number of guanidine groups is 1. The molecule has 0 radical (unpaired) electrons. The molecule has 0 spiro atoms. The van der Waals surface area contributed by atoms with Crippen molar-refractivity contribution in [2.75, 3.05) is 13.1 Å². The summed E-state index contributed by atoms with van der Waals surface area (Å²) in [7, 11) is 0. The predicted octanol–water partition coefficient (Wildman–Crippen LogP) is 3.32. The van der Waals surface area contributed by atoms with Crippen molar-refractivity contribution in [1.82, 2.24) is 25.4 Å². The van der Waals surface area contributed by atoms with E-state index in [4.69, 9.17) is 4.99 Å². The van der Waals surface area contributed by atoms with Crippen LogP contribution in [0.2, 0.25) is 0 Å². The number of aromatic nitrogens is 3. The number of nitrogens with one attached hydrogen (secondary N) is 2. The highest BCUT2D eigenvalue weighted by molar-refractivity contribution is 7.10. The molecule has 0 unspecified atom stereocenters. The van der Waals surface area contributed by atoms with E-state index in [2.05, 4.69) is 52.2 Å². The van der Waals surface area contributed by atoms with Gasteiger partial charge in [-0.1, -0.05) is 25.3 Å². The molecule has 7 heteroatoms. The Morgan fingerprint density at radius 1 is 1.27 bits per heavy atom. The summed E-state index contributed by atoms with van der Waals surface area (Å²) in [5.41, 5.74) is 0.242. The first kappa shape index (κ1) is 18.9. The maximum atomic E-state index is 4.74. The lowest BCUT2D eigenvalue weighted by Gasteiger charge is -2.37. The maximum absolute atomic E-state index is 4.74. The fourth-order valence-electron chi connectivity index (χ4n) is 3.73. The molecular formula is C19H30N6S. The van der Waals surface area contributed by atoms with E-state index in [1.807, 2.05) is 15.9 Å². The monoisotopic (exact) mass is 374 g/mol. The number of nitrogens with zero attached hydrogens (tertiary/aromatic N) is 4. The topological polar surface area (TPSA) is 67.1 Å². The Bertz CT molecular complexity index is 685. The molecule has 0 bridgehead atoms. The molecule has 3 rings (SSSR count). The summed E-state index contributed by atoms with van der Waals surface area (Å²) in [5, 5.41) is 17.3. The molecule has 142 valence electrons. The average molecular weight is 375 g/mol. The van der Waals surface area contributed by atoms with Crippen LogP contribution >= 0.6 is 11.3 Å². The minimum absolute atomic E-state index is 0.242. The molecule has 1 aliphatic carbocycles. The van der Waals surface area contributed by atoms with Gasteiger partial charge in [-0.15, -0.1) is 21.5 Å². The first-order valence-electron chi connectivity index (χ1n) is 9.70. The maximum Gasteiger partial charge on any atom is 0.191 e. The molecule has 26 heavy (non-hydrogen) atoms. The van der Waals surface area contributed by atoms with Crippen LogP contribution in [0.3, 0.4) is 0 Å². The number of aryl methyl sites for hydroxylation is 1. The Labute approximate surface area is 160 Å². The third-order valence-electron chi connectivity index (χ3n) is 5.21. The van der Waals surface area contributed by atoms with Gasteiger partial charge in [0.2, 0.25) is 0 Å². The lowest BCUT2D eigenvalue weighted by molar-refractivity contribution is 0.296. The average Bonchev–Trinajstić information content (AvgIpc) is 3.36. The van der Waals surface area contributed by atoms with Crippen molar-refractivity contribution in [2.45, 2.75) is 64.5 Å². The van der Waals surface area contributed by atoms with Crippen molar-refractivity contribution in [3.05, 3.63) is 34.5 Å². The molecular weight excluding hydrogens is 344 g/mol. The summed E-state index contributed by atoms with van der Waals surface area (Å²) in [6.45, 7) is 7.37. The molecule has 0 atom stereocenters. The summed E-state index contributed by atoms with van der Waals surface area (Å²) < 4.78 is 2.03. The normalized spacial score (nSPS) is 17.2. The summed E-state index contributed by atoms with van der Waals surface area (Å²) in [6.07, 6.45) is 8.25. The number of aliphatic imine (C=N–C) groups is 1. The van der Waals surface area contributed by atoms with Crippen molar-refractivity contribution in [3.63, 3.8) is 0 Å². The summed E-state index contributed by atoms with van der Waals surface area (Å²) in [6, 6.07) is 4.47. The van der Waals surface area contributed by atoms with Gasteiger partial charge in [0.05, 0.1) is 0 Å². The molecule has 0 saturated heterocycles. The third-order valence-corrected chi connectivity index (χ3v) is 6.32. The van der Waals surface area contributed by atoms with E-state index < -0.39 is 0 Å². The van der Waals surface area contributed by atoms with Gasteiger partial charge >= 0.3 is 0 Å². The van der Waals surface area contributed by atoms with Gasteiger partial charge in [0.25, 0.3) is 0 Å². The standard InChI is InChI=1S/C19H30N6S/c1-3-20-18(21-13-17-24-23-15-25(17)4-2)22-14-19(10-6-5-7-11-19)16-9-8-12-26-16/h8-9,12,15H,3-7,10-11,13-14H2,1-2H3,(H2,20,21,22). The van der Waals surface area contributed by atoms with Crippen molar-refractivity contribution < 1.29 is 0 Å². The van der Waals surface area contributed by atoms with E-state index in [0.717, 1.165) is 31.4 Å². The highest BCUT2D eigenvalue weighted by atomic mass is 32.1. The molecule has 6 nitrogen and oxygen atoms in total. The van der Waals surface area contributed by atoms with Crippen LogP contribution < -0.4 is 10.6 Å². The van der Waals surface area contributed by atoms with Crippen molar-refractivity contribution in [3.8, 4) is 0 Å². The zero-order valence-corrected chi connectivity index (χ0v) is 16.7. The molecule has 1 saturated carbocycles. The fraction of sp³-hybridized carbons (Fsp3) is 0.632. The van der Waals surface area contributed by atoms with Gasteiger partial charge in [0.1, 0.15) is 12.9 Å². The Kier molecular flexibility index (Phi) is 6.66. The molecule has 1 aliphatic rings. The highest BCUT2D eigenvalue weighted by Crippen LogP contribution is 2.41. The molecule has 2 N–H and O–H groups in total. The van der Waals surface area contributed by atoms with Gasteiger partial charge in [-0.3, -0.25) is 0 Å². The van der Waals surface area contributed by atoms with Crippen molar-refractivity contribution in [2.24, 2.45) is 4.99 Å². The molecule has 0 aliphatic heterocycles. The Balaban J connectivity index is 1.69. The third kappa shape index (κ3) is 4.44. The number of thiophene rings is 1. The number of rotatable bonds is 7. The van der Waals surface area contributed by atoms with Crippen molar-refractivity contribution in [1.29, 1.82) is 0 Å². The predicted molar refractivity (Wildman–Crippen MR) is 108 cm³/mol. The van der Waals surface area contributed by atoms with Crippen LogP contribution in [-0.4, -0.2) is 33.8 Å². The van der Waals surface area contributed by atoms with Crippen LogP contribution in [0.25, 0.3) is 0 Å². The van der Waals surface area contributed by atoms with Crippen molar-refractivity contribution >= 4 is 17.3 Å². The number of hydrogen-bond donors (Lipinski definition) is 2. The van der Waals surface area contributed by atoms with Crippen LogP contribution in [0.4, 0.5) is 0 Å². The van der Waals surface area contributed by atoms with Gasteiger partial charge in [-0.2, -0.15) is 0 Å². The SMILES string of the molecule is CCNC(=NCc1nncn1CC)NCC1(c2cccs2)CCCCC1. The van der Waals surface area contributed by atoms with E-state index in [1.165, 1.54) is 37.0 Å².